The third-order valence-corrected chi connectivity index (χ3v) is 6.73. The maximum absolute atomic E-state index is 13.6. The van der Waals surface area contributed by atoms with Crippen LogP contribution in [0.25, 0.3) is 0 Å². The van der Waals surface area contributed by atoms with Gasteiger partial charge in [-0.05, 0) is 54.1 Å². The van der Waals surface area contributed by atoms with E-state index in [0.717, 1.165) is 12.1 Å². The molecule has 0 spiro atoms. The minimum Gasteiger partial charge on any atom is -0.369 e. The van der Waals surface area contributed by atoms with Gasteiger partial charge in [-0.1, -0.05) is 12.1 Å². The van der Waals surface area contributed by atoms with Crippen molar-refractivity contribution >= 4 is 15.7 Å². The van der Waals surface area contributed by atoms with Gasteiger partial charge in [-0.2, -0.15) is 0 Å². The van der Waals surface area contributed by atoms with Crippen LogP contribution in [-0.2, 0) is 21.3 Å². The van der Waals surface area contributed by atoms with Crippen LogP contribution in [0, 0.1) is 11.6 Å². The van der Waals surface area contributed by atoms with Crippen molar-refractivity contribution in [3.05, 3.63) is 89.8 Å². The van der Waals surface area contributed by atoms with Crippen molar-refractivity contribution in [3.8, 4) is 0 Å². The molecular weight excluding hydrogens is 424 g/mol. The zero-order chi connectivity index (χ0) is 21.8. The lowest BCUT2D eigenvalue weighted by Gasteiger charge is -2.30. The van der Waals surface area contributed by atoms with Gasteiger partial charge >= 0.3 is 0 Å². The fraction of sp³-hybridized carbons (Fsp3) is 0.227. The molecule has 0 amide bonds. The maximum Gasteiger partial charge on any atom is 0.264 e. The minimum atomic E-state index is -4.08. The van der Waals surface area contributed by atoms with E-state index in [1.54, 1.807) is 18.3 Å². The van der Waals surface area contributed by atoms with Crippen LogP contribution in [0.1, 0.15) is 17.4 Å². The van der Waals surface area contributed by atoms with E-state index in [9.17, 15) is 17.2 Å². The number of hydrogen-bond donors (Lipinski definition) is 1. The molecule has 0 radical (unpaired) electrons. The van der Waals surface area contributed by atoms with Crippen molar-refractivity contribution in [2.45, 2.75) is 17.5 Å². The molecule has 1 unspecified atom stereocenters. The summed E-state index contributed by atoms with van der Waals surface area (Å²) in [5.74, 6) is -0.951. The number of aromatic nitrogens is 1. The second kappa shape index (κ2) is 9.09. The van der Waals surface area contributed by atoms with Gasteiger partial charge in [0.2, 0.25) is 0 Å². The van der Waals surface area contributed by atoms with Gasteiger partial charge in [0.25, 0.3) is 10.0 Å². The van der Waals surface area contributed by atoms with Gasteiger partial charge in [-0.3, -0.25) is 9.29 Å². The van der Waals surface area contributed by atoms with Gasteiger partial charge in [-0.15, -0.1) is 0 Å². The molecule has 0 bridgehead atoms. The Balaban J connectivity index is 1.81. The molecule has 1 N–H and O–H groups in total. The highest BCUT2D eigenvalue weighted by Crippen LogP contribution is 2.33. The predicted molar refractivity (Wildman–Crippen MR) is 112 cm³/mol. The first-order chi connectivity index (χ1) is 14.9. The van der Waals surface area contributed by atoms with Gasteiger partial charge < -0.3 is 10.1 Å². The molecule has 162 valence electrons. The summed E-state index contributed by atoms with van der Waals surface area (Å²) in [5.41, 5.74) is 1.41. The topological polar surface area (TPSA) is 71.5 Å². The standard InChI is InChI=1S/C22H21F2N3O3S/c23-17-5-3-16(4-6-17)15-27(31(28,29)19-9-7-18(24)8-10-19)20-2-1-11-26-22(20)21-14-25-12-13-30-21/h1-11,21,25H,12-15H2. The van der Waals surface area contributed by atoms with Gasteiger partial charge in [0, 0.05) is 19.3 Å². The number of halogens is 2. The van der Waals surface area contributed by atoms with E-state index in [4.69, 9.17) is 4.74 Å². The van der Waals surface area contributed by atoms with Gasteiger partial charge in [0.1, 0.15) is 17.7 Å². The summed E-state index contributed by atoms with van der Waals surface area (Å²) in [5, 5.41) is 3.22. The molecule has 2 aromatic carbocycles. The van der Waals surface area contributed by atoms with E-state index >= 15 is 0 Å². The Morgan fingerprint density at radius 3 is 2.35 bits per heavy atom. The lowest BCUT2D eigenvalue weighted by atomic mass is 10.1. The van der Waals surface area contributed by atoms with Crippen molar-refractivity contribution in [2.75, 3.05) is 24.0 Å². The van der Waals surface area contributed by atoms with Gasteiger partial charge in [-0.25, -0.2) is 17.2 Å². The highest BCUT2D eigenvalue weighted by Gasteiger charge is 2.30. The molecule has 1 fully saturated rings. The van der Waals surface area contributed by atoms with Crippen LogP contribution in [0.2, 0.25) is 0 Å². The molecule has 1 saturated heterocycles. The number of nitrogens with zero attached hydrogens (tertiary/aromatic N) is 2. The number of hydrogen-bond acceptors (Lipinski definition) is 5. The monoisotopic (exact) mass is 445 g/mol. The summed E-state index contributed by atoms with van der Waals surface area (Å²) in [6, 6.07) is 13.5. The second-order valence-corrected chi connectivity index (χ2v) is 8.93. The predicted octanol–water partition coefficient (Wildman–Crippen LogP) is 3.42. The summed E-state index contributed by atoms with van der Waals surface area (Å²) in [6.07, 6.45) is 1.15. The Labute approximate surface area is 179 Å². The van der Waals surface area contributed by atoms with Crippen molar-refractivity contribution in [1.82, 2.24) is 10.3 Å². The van der Waals surface area contributed by atoms with Crippen molar-refractivity contribution in [1.29, 1.82) is 0 Å². The average Bonchev–Trinajstić information content (AvgIpc) is 2.79. The molecule has 0 aliphatic carbocycles. The van der Waals surface area contributed by atoms with E-state index in [1.165, 1.54) is 40.7 Å². The van der Waals surface area contributed by atoms with Crippen LogP contribution in [0.15, 0.2) is 71.8 Å². The van der Waals surface area contributed by atoms with Crippen LogP contribution in [-0.4, -0.2) is 33.1 Å². The molecule has 2 heterocycles. The number of nitrogens with one attached hydrogen (secondary N) is 1. The van der Waals surface area contributed by atoms with Crippen LogP contribution >= 0.6 is 0 Å². The highest BCUT2D eigenvalue weighted by molar-refractivity contribution is 7.92. The summed E-state index contributed by atoms with van der Waals surface area (Å²) in [6.45, 7) is 1.61. The summed E-state index contributed by atoms with van der Waals surface area (Å²) >= 11 is 0. The zero-order valence-electron chi connectivity index (χ0n) is 16.5. The van der Waals surface area contributed by atoms with Crippen molar-refractivity contribution in [3.63, 3.8) is 0 Å². The first kappa shape index (κ1) is 21.4. The van der Waals surface area contributed by atoms with Crippen LogP contribution < -0.4 is 9.62 Å². The fourth-order valence-corrected chi connectivity index (χ4v) is 4.86. The SMILES string of the molecule is O=S(=O)(c1ccc(F)cc1)N(Cc1ccc(F)cc1)c1cccnc1C1CNCCO1. The number of rotatable bonds is 6. The number of benzene rings is 2. The highest BCUT2D eigenvalue weighted by atomic mass is 32.2. The van der Waals surface area contributed by atoms with Crippen LogP contribution in [0.3, 0.4) is 0 Å². The zero-order valence-corrected chi connectivity index (χ0v) is 17.4. The Morgan fingerprint density at radius 1 is 1.03 bits per heavy atom. The Morgan fingerprint density at radius 2 is 1.71 bits per heavy atom. The molecule has 1 aliphatic rings. The Kier molecular flexibility index (Phi) is 6.26. The number of anilines is 1. The molecule has 6 nitrogen and oxygen atoms in total. The number of sulfonamides is 1. The molecule has 31 heavy (non-hydrogen) atoms. The fourth-order valence-electron chi connectivity index (χ4n) is 3.40. The first-order valence-electron chi connectivity index (χ1n) is 9.75. The van der Waals surface area contributed by atoms with E-state index in [0.29, 0.717) is 36.6 Å². The summed E-state index contributed by atoms with van der Waals surface area (Å²) in [4.78, 5) is 4.35. The van der Waals surface area contributed by atoms with E-state index < -0.39 is 27.8 Å². The lowest BCUT2D eigenvalue weighted by molar-refractivity contribution is 0.0254. The lowest BCUT2D eigenvalue weighted by Crippen LogP contribution is -2.36. The van der Waals surface area contributed by atoms with E-state index in [2.05, 4.69) is 10.3 Å². The molecule has 1 atom stereocenters. The van der Waals surface area contributed by atoms with Gasteiger partial charge in [0.15, 0.2) is 0 Å². The molecule has 1 aromatic heterocycles. The molecule has 1 aliphatic heterocycles. The Bertz CT molecular complexity index is 1130. The summed E-state index contributed by atoms with van der Waals surface area (Å²) in [7, 11) is -4.08. The minimum absolute atomic E-state index is 0.0567. The smallest absolute Gasteiger partial charge is 0.264 e. The van der Waals surface area contributed by atoms with Crippen LogP contribution in [0.4, 0.5) is 14.5 Å². The number of morpholine rings is 1. The summed E-state index contributed by atoms with van der Waals surface area (Å²) < 4.78 is 61.0. The third kappa shape index (κ3) is 4.73. The number of ether oxygens (including phenoxy) is 1. The van der Waals surface area contributed by atoms with Crippen molar-refractivity contribution in [2.24, 2.45) is 0 Å². The average molecular weight is 445 g/mol. The van der Waals surface area contributed by atoms with E-state index in [1.807, 2.05) is 0 Å². The molecule has 9 heteroatoms. The number of pyridine rings is 1. The molecule has 3 aromatic rings. The molecule has 4 rings (SSSR count). The quantitative estimate of drug-likeness (QED) is 0.630. The molecule has 0 saturated carbocycles. The largest absolute Gasteiger partial charge is 0.369 e. The molecular formula is C22H21F2N3O3S. The normalized spacial score (nSPS) is 16.8. The maximum atomic E-state index is 13.6. The third-order valence-electron chi connectivity index (χ3n) is 4.96. The van der Waals surface area contributed by atoms with E-state index in [-0.39, 0.29) is 11.4 Å². The second-order valence-electron chi connectivity index (χ2n) is 7.06. The van der Waals surface area contributed by atoms with Gasteiger partial charge in [0.05, 0.1) is 29.4 Å². The Hall–Kier alpha value is -2.88. The van der Waals surface area contributed by atoms with Crippen molar-refractivity contribution < 1.29 is 21.9 Å². The van der Waals surface area contributed by atoms with Crippen LogP contribution in [0.5, 0.6) is 0 Å². The first-order valence-corrected chi connectivity index (χ1v) is 11.2.